The second-order valence-corrected chi connectivity index (χ2v) is 6.32. The number of nitrogens with zero attached hydrogens (tertiary/aromatic N) is 3. The number of hydrogen-bond donors (Lipinski definition) is 0. The molecule has 6 heteroatoms. The Morgan fingerprint density at radius 2 is 2.40 bits per heavy atom. The Labute approximate surface area is 131 Å². The Morgan fingerprint density at radius 3 is 3.15 bits per heavy atom. The molecule has 20 heavy (non-hydrogen) atoms. The molecule has 0 N–H and O–H groups in total. The zero-order valence-electron chi connectivity index (χ0n) is 11.4. The number of fused-ring (bicyclic) bond motifs is 1. The zero-order chi connectivity index (χ0) is 14.1. The Balaban J connectivity index is 1.97. The summed E-state index contributed by atoms with van der Waals surface area (Å²) in [4.78, 5) is 9.08. The van der Waals surface area contributed by atoms with Crippen LogP contribution < -0.4 is 0 Å². The quantitative estimate of drug-likeness (QED) is 0.782. The van der Waals surface area contributed by atoms with Gasteiger partial charge >= 0.3 is 0 Å². The van der Waals surface area contributed by atoms with Crippen molar-refractivity contribution in [1.29, 1.82) is 0 Å². The summed E-state index contributed by atoms with van der Waals surface area (Å²) in [6, 6.07) is 1.98. The molecule has 0 aromatic carbocycles. The van der Waals surface area contributed by atoms with Crippen molar-refractivity contribution < 1.29 is 4.74 Å². The largest absolute Gasteiger partial charge is 0.378 e. The maximum atomic E-state index is 6.04. The predicted molar refractivity (Wildman–Crippen MR) is 82.9 cm³/mol. The molecule has 0 radical (unpaired) electrons. The molecule has 108 valence electrons. The van der Waals surface area contributed by atoms with E-state index in [1.807, 2.05) is 6.07 Å². The lowest BCUT2D eigenvalue weighted by Gasteiger charge is -2.18. The minimum Gasteiger partial charge on any atom is -0.378 e. The molecule has 3 rings (SSSR count). The average molecular weight is 359 g/mol. The summed E-state index contributed by atoms with van der Waals surface area (Å²) in [6.07, 6.45) is 4.29. The lowest BCUT2D eigenvalue weighted by molar-refractivity contribution is 0.0836. The van der Waals surface area contributed by atoms with Crippen molar-refractivity contribution in [2.24, 2.45) is 5.92 Å². The van der Waals surface area contributed by atoms with Crippen LogP contribution >= 0.6 is 27.5 Å². The van der Waals surface area contributed by atoms with Crippen molar-refractivity contribution in [3.63, 3.8) is 0 Å². The summed E-state index contributed by atoms with van der Waals surface area (Å²) in [5, 5.41) is 0. The van der Waals surface area contributed by atoms with Gasteiger partial charge in [0.1, 0.15) is 11.3 Å². The average Bonchev–Trinajstić information content (AvgIpc) is 3.03. The molecule has 1 fully saturated rings. The van der Waals surface area contributed by atoms with Gasteiger partial charge in [-0.05, 0) is 34.8 Å². The molecule has 2 unspecified atom stereocenters. The van der Waals surface area contributed by atoms with Crippen LogP contribution in [0.2, 0.25) is 0 Å². The summed E-state index contributed by atoms with van der Waals surface area (Å²) < 4.78 is 8.86. The van der Waals surface area contributed by atoms with Gasteiger partial charge in [-0.1, -0.05) is 6.92 Å². The SMILES string of the molecule is CCC1OCCC1Cn1c(CCl)nc2cc(Br)cnc21. The van der Waals surface area contributed by atoms with E-state index in [0.29, 0.717) is 17.9 Å². The molecule has 2 aromatic heterocycles. The van der Waals surface area contributed by atoms with E-state index in [4.69, 9.17) is 16.3 Å². The highest BCUT2D eigenvalue weighted by molar-refractivity contribution is 9.10. The summed E-state index contributed by atoms with van der Waals surface area (Å²) in [5.41, 5.74) is 1.80. The van der Waals surface area contributed by atoms with Gasteiger partial charge in [0.15, 0.2) is 5.65 Å². The third kappa shape index (κ3) is 2.59. The van der Waals surface area contributed by atoms with Crippen molar-refractivity contribution >= 4 is 38.7 Å². The highest BCUT2D eigenvalue weighted by Gasteiger charge is 2.28. The lowest BCUT2D eigenvalue weighted by atomic mass is 9.99. The first kappa shape index (κ1) is 14.3. The van der Waals surface area contributed by atoms with E-state index in [1.54, 1.807) is 6.20 Å². The van der Waals surface area contributed by atoms with Gasteiger partial charge in [-0.25, -0.2) is 9.97 Å². The zero-order valence-corrected chi connectivity index (χ0v) is 13.7. The predicted octanol–water partition coefficient (Wildman–Crippen LogP) is 3.75. The first-order chi connectivity index (χ1) is 9.72. The first-order valence-electron chi connectivity index (χ1n) is 6.91. The highest BCUT2D eigenvalue weighted by atomic mass is 79.9. The molecule has 1 aliphatic rings. The molecular formula is C14H17BrClN3O. The third-order valence-corrected chi connectivity index (χ3v) is 4.59. The topological polar surface area (TPSA) is 39.9 Å². The number of aromatic nitrogens is 3. The maximum absolute atomic E-state index is 6.04. The fourth-order valence-corrected chi connectivity index (χ4v) is 3.44. The number of ether oxygens (including phenoxy) is 1. The Morgan fingerprint density at radius 1 is 1.55 bits per heavy atom. The minimum atomic E-state index is 0.339. The second kappa shape index (κ2) is 6.00. The fraction of sp³-hybridized carbons (Fsp3) is 0.571. The molecule has 0 amide bonds. The van der Waals surface area contributed by atoms with E-state index in [-0.39, 0.29) is 0 Å². The molecule has 1 saturated heterocycles. The van der Waals surface area contributed by atoms with Crippen LogP contribution in [0.4, 0.5) is 0 Å². The smallest absolute Gasteiger partial charge is 0.160 e. The van der Waals surface area contributed by atoms with E-state index < -0.39 is 0 Å². The molecule has 2 atom stereocenters. The highest BCUT2D eigenvalue weighted by Crippen LogP contribution is 2.28. The standard InChI is InChI=1S/C14H17BrClN3O/c1-2-12-9(3-4-20-12)8-19-13(6-16)18-11-5-10(15)7-17-14(11)19/h5,7,9,12H,2-4,6,8H2,1H3. The van der Waals surface area contributed by atoms with Crippen LogP contribution in [0.25, 0.3) is 11.2 Å². The number of rotatable bonds is 4. The number of imidazole rings is 1. The van der Waals surface area contributed by atoms with Crippen LogP contribution in [0.1, 0.15) is 25.6 Å². The molecule has 2 aromatic rings. The maximum Gasteiger partial charge on any atom is 0.160 e. The third-order valence-electron chi connectivity index (χ3n) is 3.92. The van der Waals surface area contributed by atoms with Crippen LogP contribution in [0.3, 0.4) is 0 Å². The molecule has 3 heterocycles. The first-order valence-corrected chi connectivity index (χ1v) is 8.24. The van der Waals surface area contributed by atoms with Gasteiger partial charge in [0.05, 0.1) is 12.0 Å². The molecule has 1 aliphatic heterocycles. The van der Waals surface area contributed by atoms with E-state index in [2.05, 4.69) is 37.4 Å². The van der Waals surface area contributed by atoms with Crippen molar-refractivity contribution in [2.45, 2.75) is 38.3 Å². The Kier molecular flexibility index (Phi) is 4.29. The number of alkyl halides is 1. The van der Waals surface area contributed by atoms with Gasteiger partial charge in [-0.2, -0.15) is 0 Å². The summed E-state index contributed by atoms with van der Waals surface area (Å²) in [6.45, 7) is 3.91. The van der Waals surface area contributed by atoms with Gasteiger partial charge < -0.3 is 9.30 Å². The van der Waals surface area contributed by atoms with E-state index in [1.165, 1.54) is 0 Å². The summed E-state index contributed by atoms with van der Waals surface area (Å²) in [7, 11) is 0. The van der Waals surface area contributed by atoms with Gasteiger partial charge in [0.25, 0.3) is 0 Å². The van der Waals surface area contributed by atoms with Gasteiger partial charge in [-0.15, -0.1) is 11.6 Å². The van der Waals surface area contributed by atoms with Crippen LogP contribution in [-0.4, -0.2) is 27.2 Å². The molecular weight excluding hydrogens is 342 g/mol. The molecule has 0 spiro atoms. The van der Waals surface area contributed by atoms with Crippen molar-refractivity contribution in [3.05, 3.63) is 22.6 Å². The van der Waals surface area contributed by atoms with Crippen molar-refractivity contribution in [1.82, 2.24) is 14.5 Å². The van der Waals surface area contributed by atoms with Gasteiger partial charge in [0, 0.05) is 29.7 Å². The van der Waals surface area contributed by atoms with Crippen LogP contribution in [0.15, 0.2) is 16.7 Å². The Hall–Kier alpha value is -0.650. The number of halogens is 2. The molecule has 4 nitrogen and oxygen atoms in total. The van der Waals surface area contributed by atoms with E-state index in [0.717, 1.165) is 47.5 Å². The summed E-state index contributed by atoms with van der Waals surface area (Å²) >= 11 is 9.48. The van der Waals surface area contributed by atoms with Crippen molar-refractivity contribution in [3.8, 4) is 0 Å². The molecule has 0 saturated carbocycles. The molecule has 0 aliphatic carbocycles. The van der Waals surface area contributed by atoms with Crippen LogP contribution in [-0.2, 0) is 17.2 Å². The Bertz CT molecular complexity index is 616. The van der Waals surface area contributed by atoms with Crippen LogP contribution in [0, 0.1) is 5.92 Å². The van der Waals surface area contributed by atoms with E-state index >= 15 is 0 Å². The number of pyridine rings is 1. The van der Waals surface area contributed by atoms with E-state index in [9.17, 15) is 0 Å². The molecule has 0 bridgehead atoms. The van der Waals surface area contributed by atoms with Crippen molar-refractivity contribution in [2.75, 3.05) is 6.61 Å². The number of hydrogen-bond acceptors (Lipinski definition) is 3. The van der Waals surface area contributed by atoms with Crippen LogP contribution in [0.5, 0.6) is 0 Å². The van der Waals surface area contributed by atoms with Gasteiger partial charge in [-0.3, -0.25) is 0 Å². The monoisotopic (exact) mass is 357 g/mol. The van der Waals surface area contributed by atoms with Gasteiger partial charge in [0.2, 0.25) is 0 Å². The summed E-state index contributed by atoms with van der Waals surface area (Å²) in [5.74, 6) is 1.80. The second-order valence-electron chi connectivity index (χ2n) is 5.13. The minimum absolute atomic E-state index is 0.339. The lowest BCUT2D eigenvalue weighted by Crippen LogP contribution is -2.21. The normalized spacial score (nSPS) is 22.8. The fourth-order valence-electron chi connectivity index (χ4n) is 2.91.